The van der Waals surface area contributed by atoms with Gasteiger partial charge in [0.05, 0.1) is 10.2 Å². The highest BCUT2D eigenvalue weighted by Crippen LogP contribution is 2.36. The van der Waals surface area contributed by atoms with Gasteiger partial charge >= 0.3 is 0 Å². The zero-order chi connectivity index (χ0) is 14.7. The highest BCUT2D eigenvalue weighted by molar-refractivity contribution is 8.01. The van der Waals surface area contributed by atoms with Crippen molar-refractivity contribution in [3.8, 4) is 0 Å². The molecule has 2 aromatic carbocycles. The summed E-state index contributed by atoms with van der Waals surface area (Å²) in [5.74, 6) is 0. The second-order valence-corrected chi connectivity index (χ2v) is 7.26. The third-order valence-electron chi connectivity index (χ3n) is 3.25. The highest BCUT2D eigenvalue weighted by Gasteiger charge is 2.09. The SMILES string of the molecule is CCNCc1cc(C)ccc1Sc1nc2ccccc2s1. The normalized spacial score (nSPS) is 11.1. The van der Waals surface area contributed by atoms with E-state index < -0.39 is 0 Å². The predicted octanol–water partition coefficient (Wildman–Crippen LogP) is 4.87. The molecule has 3 rings (SSSR count). The molecule has 1 heterocycles. The first kappa shape index (κ1) is 14.6. The number of aromatic nitrogens is 1. The van der Waals surface area contributed by atoms with Crippen LogP contribution in [0.1, 0.15) is 18.1 Å². The minimum Gasteiger partial charge on any atom is -0.313 e. The van der Waals surface area contributed by atoms with E-state index >= 15 is 0 Å². The van der Waals surface area contributed by atoms with Crippen LogP contribution in [0.25, 0.3) is 10.2 Å². The van der Waals surface area contributed by atoms with Crippen molar-refractivity contribution in [1.29, 1.82) is 0 Å². The molecule has 0 radical (unpaired) electrons. The first-order valence-electron chi connectivity index (χ1n) is 7.10. The Morgan fingerprint density at radius 2 is 2.05 bits per heavy atom. The Labute approximate surface area is 133 Å². The fourth-order valence-corrected chi connectivity index (χ4v) is 4.33. The number of hydrogen-bond donors (Lipinski definition) is 1. The highest BCUT2D eigenvalue weighted by atomic mass is 32.2. The number of rotatable bonds is 5. The summed E-state index contributed by atoms with van der Waals surface area (Å²) in [5, 5.41) is 3.41. The molecular weight excluding hydrogens is 296 g/mol. The maximum absolute atomic E-state index is 4.71. The topological polar surface area (TPSA) is 24.9 Å². The van der Waals surface area contributed by atoms with Gasteiger partial charge in [-0.25, -0.2) is 4.98 Å². The van der Waals surface area contributed by atoms with Crippen molar-refractivity contribution in [2.45, 2.75) is 29.6 Å². The summed E-state index contributed by atoms with van der Waals surface area (Å²) in [7, 11) is 0. The van der Waals surface area contributed by atoms with Crippen LogP contribution in [-0.4, -0.2) is 11.5 Å². The lowest BCUT2D eigenvalue weighted by Crippen LogP contribution is -2.12. The van der Waals surface area contributed by atoms with Crippen molar-refractivity contribution < 1.29 is 0 Å². The molecule has 0 amide bonds. The van der Waals surface area contributed by atoms with Gasteiger partial charge < -0.3 is 5.32 Å². The fraction of sp³-hybridized carbons (Fsp3) is 0.235. The van der Waals surface area contributed by atoms with Crippen LogP contribution >= 0.6 is 23.1 Å². The van der Waals surface area contributed by atoms with Gasteiger partial charge in [0, 0.05) is 11.4 Å². The van der Waals surface area contributed by atoms with Crippen molar-refractivity contribution in [3.63, 3.8) is 0 Å². The average Bonchev–Trinajstić information content (AvgIpc) is 2.89. The number of fused-ring (bicyclic) bond motifs is 1. The summed E-state index contributed by atoms with van der Waals surface area (Å²) < 4.78 is 2.36. The molecule has 0 fully saturated rings. The monoisotopic (exact) mass is 314 g/mol. The Hall–Kier alpha value is -1.36. The lowest BCUT2D eigenvalue weighted by Gasteiger charge is -2.09. The Morgan fingerprint density at radius 3 is 2.86 bits per heavy atom. The fourth-order valence-electron chi connectivity index (χ4n) is 2.19. The molecule has 2 nitrogen and oxygen atoms in total. The Kier molecular flexibility index (Phi) is 4.58. The second kappa shape index (κ2) is 6.60. The van der Waals surface area contributed by atoms with E-state index in [1.54, 1.807) is 23.1 Å². The number of benzene rings is 2. The van der Waals surface area contributed by atoms with Crippen LogP contribution in [-0.2, 0) is 6.54 Å². The van der Waals surface area contributed by atoms with Gasteiger partial charge in [-0.3, -0.25) is 0 Å². The smallest absolute Gasteiger partial charge is 0.155 e. The van der Waals surface area contributed by atoms with Gasteiger partial charge in [0.2, 0.25) is 0 Å². The quantitative estimate of drug-likeness (QED) is 0.727. The van der Waals surface area contributed by atoms with Crippen LogP contribution < -0.4 is 5.32 Å². The molecule has 0 bridgehead atoms. The average molecular weight is 314 g/mol. The number of thiazole rings is 1. The summed E-state index contributed by atoms with van der Waals surface area (Å²) in [6.45, 7) is 6.17. The molecule has 1 aromatic heterocycles. The van der Waals surface area contributed by atoms with Gasteiger partial charge in [0.15, 0.2) is 4.34 Å². The van der Waals surface area contributed by atoms with Gasteiger partial charge in [-0.1, -0.05) is 48.5 Å². The van der Waals surface area contributed by atoms with E-state index in [9.17, 15) is 0 Å². The Morgan fingerprint density at radius 1 is 1.19 bits per heavy atom. The lowest BCUT2D eigenvalue weighted by atomic mass is 10.1. The standard InChI is InChI=1S/C17H18N2S2/c1-3-18-11-13-10-12(2)8-9-15(13)20-17-19-14-6-4-5-7-16(14)21-17/h4-10,18H,3,11H2,1-2H3. The van der Waals surface area contributed by atoms with E-state index in [0.717, 1.165) is 22.9 Å². The molecule has 21 heavy (non-hydrogen) atoms. The third-order valence-corrected chi connectivity index (χ3v) is 5.47. The third kappa shape index (κ3) is 3.46. The zero-order valence-corrected chi connectivity index (χ0v) is 13.9. The van der Waals surface area contributed by atoms with Gasteiger partial charge in [-0.15, -0.1) is 11.3 Å². The molecule has 0 spiro atoms. The van der Waals surface area contributed by atoms with E-state index in [0.29, 0.717) is 0 Å². The van der Waals surface area contributed by atoms with E-state index in [1.807, 2.05) is 6.07 Å². The number of aryl methyl sites for hydroxylation is 1. The zero-order valence-electron chi connectivity index (χ0n) is 12.2. The van der Waals surface area contributed by atoms with Gasteiger partial charge in [-0.05, 0) is 37.2 Å². The van der Waals surface area contributed by atoms with Gasteiger partial charge in [-0.2, -0.15) is 0 Å². The molecule has 0 unspecified atom stereocenters. The van der Waals surface area contributed by atoms with Crippen molar-refractivity contribution in [2.75, 3.05) is 6.54 Å². The molecule has 3 aromatic rings. The molecule has 0 atom stereocenters. The van der Waals surface area contributed by atoms with Crippen molar-refractivity contribution in [1.82, 2.24) is 10.3 Å². The first-order valence-corrected chi connectivity index (χ1v) is 8.73. The molecule has 4 heteroatoms. The molecule has 0 aliphatic carbocycles. The minimum atomic E-state index is 0.908. The number of nitrogens with one attached hydrogen (secondary N) is 1. The molecule has 1 N–H and O–H groups in total. The maximum Gasteiger partial charge on any atom is 0.155 e. The Balaban J connectivity index is 1.89. The van der Waals surface area contributed by atoms with Crippen molar-refractivity contribution in [3.05, 3.63) is 53.6 Å². The van der Waals surface area contributed by atoms with Crippen molar-refractivity contribution in [2.24, 2.45) is 0 Å². The Bertz CT molecular complexity index is 716. The van der Waals surface area contributed by atoms with Gasteiger partial charge in [0.25, 0.3) is 0 Å². The summed E-state index contributed by atoms with van der Waals surface area (Å²) in [4.78, 5) is 6.01. The van der Waals surface area contributed by atoms with Crippen molar-refractivity contribution >= 4 is 33.3 Å². The number of hydrogen-bond acceptors (Lipinski definition) is 4. The molecule has 0 aliphatic heterocycles. The summed E-state index contributed by atoms with van der Waals surface area (Å²) in [6.07, 6.45) is 0. The second-order valence-electron chi connectivity index (χ2n) is 4.94. The molecule has 0 saturated heterocycles. The first-order chi connectivity index (χ1) is 10.3. The van der Waals surface area contributed by atoms with E-state index in [4.69, 9.17) is 4.98 Å². The molecule has 108 valence electrons. The summed E-state index contributed by atoms with van der Waals surface area (Å²) >= 11 is 3.53. The van der Waals surface area contributed by atoms with Crippen LogP contribution in [0, 0.1) is 6.92 Å². The van der Waals surface area contributed by atoms with E-state index in [-0.39, 0.29) is 0 Å². The molecule has 0 saturated carbocycles. The number of nitrogens with zero attached hydrogens (tertiary/aromatic N) is 1. The maximum atomic E-state index is 4.71. The van der Waals surface area contributed by atoms with Crippen LogP contribution in [0.15, 0.2) is 51.7 Å². The van der Waals surface area contributed by atoms with Crippen LogP contribution in [0.4, 0.5) is 0 Å². The minimum absolute atomic E-state index is 0.908. The van der Waals surface area contributed by atoms with Crippen LogP contribution in [0.3, 0.4) is 0 Å². The number of para-hydroxylation sites is 1. The van der Waals surface area contributed by atoms with Crippen LogP contribution in [0.5, 0.6) is 0 Å². The predicted molar refractivity (Wildman–Crippen MR) is 92.3 cm³/mol. The lowest BCUT2D eigenvalue weighted by molar-refractivity contribution is 0.717. The van der Waals surface area contributed by atoms with Gasteiger partial charge in [0.1, 0.15) is 0 Å². The van der Waals surface area contributed by atoms with Crippen LogP contribution in [0.2, 0.25) is 0 Å². The molecule has 0 aliphatic rings. The molecular formula is C17H18N2S2. The van der Waals surface area contributed by atoms with E-state index in [2.05, 4.69) is 55.6 Å². The van der Waals surface area contributed by atoms with E-state index in [1.165, 1.54) is 20.7 Å². The summed E-state index contributed by atoms with van der Waals surface area (Å²) in [6, 6.07) is 15.0. The largest absolute Gasteiger partial charge is 0.313 e. The summed E-state index contributed by atoms with van der Waals surface area (Å²) in [5.41, 5.74) is 3.74.